The maximum Gasteiger partial charge on any atom is 0.274 e. The van der Waals surface area contributed by atoms with E-state index in [2.05, 4.69) is 5.10 Å². The van der Waals surface area contributed by atoms with Gasteiger partial charge in [0.1, 0.15) is 0 Å². The fourth-order valence-corrected chi connectivity index (χ4v) is 3.06. The van der Waals surface area contributed by atoms with Crippen molar-refractivity contribution in [3.63, 3.8) is 0 Å². The topological polar surface area (TPSA) is 38.1 Å². The Morgan fingerprint density at radius 1 is 1.05 bits per heavy atom. The summed E-state index contributed by atoms with van der Waals surface area (Å²) in [5.74, 6) is 0.115. The summed E-state index contributed by atoms with van der Waals surface area (Å²) in [4.78, 5) is 14.4. The van der Waals surface area contributed by atoms with Crippen molar-refractivity contribution >= 4 is 5.91 Å². The molecule has 1 aromatic heterocycles. The highest BCUT2D eigenvalue weighted by Crippen LogP contribution is 2.29. The Labute approximate surface area is 118 Å². The van der Waals surface area contributed by atoms with Gasteiger partial charge in [0.25, 0.3) is 5.91 Å². The van der Waals surface area contributed by atoms with Crippen LogP contribution in [0.4, 0.5) is 0 Å². The predicted molar refractivity (Wildman–Crippen MR) is 76.1 cm³/mol. The third-order valence-corrected chi connectivity index (χ3v) is 4.28. The zero-order valence-corrected chi connectivity index (χ0v) is 11.4. The van der Waals surface area contributed by atoms with Crippen molar-refractivity contribution in [3.05, 3.63) is 47.3 Å². The van der Waals surface area contributed by atoms with Crippen LogP contribution in [-0.2, 0) is 12.8 Å². The Morgan fingerprint density at radius 3 is 2.55 bits per heavy atom. The maximum atomic E-state index is 12.5. The lowest BCUT2D eigenvalue weighted by Crippen LogP contribution is -2.42. The highest BCUT2D eigenvalue weighted by molar-refractivity contribution is 5.94. The van der Waals surface area contributed by atoms with Crippen LogP contribution in [0.5, 0.6) is 0 Å². The average Bonchev–Trinajstić information content (AvgIpc) is 2.98. The molecule has 2 aliphatic rings. The molecule has 4 nitrogen and oxygen atoms in total. The number of aromatic nitrogens is 2. The maximum absolute atomic E-state index is 12.5. The lowest BCUT2D eigenvalue weighted by atomic mass is 10.1. The Hall–Kier alpha value is -2.10. The lowest BCUT2D eigenvalue weighted by molar-refractivity contribution is 0.0644. The van der Waals surface area contributed by atoms with E-state index in [0.717, 1.165) is 44.5 Å². The summed E-state index contributed by atoms with van der Waals surface area (Å²) in [6.45, 7) is 1.76. The van der Waals surface area contributed by atoms with Crippen molar-refractivity contribution in [1.82, 2.24) is 14.7 Å². The van der Waals surface area contributed by atoms with Gasteiger partial charge in [0, 0.05) is 24.3 Å². The second kappa shape index (κ2) is 4.47. The first-order chi connectivity index (χ1) is 9.84. The minimum absolute atomic E-state index is 0.115. The molecule has 2 aromatic rings. The zero-order chi connectivity index (χ0) is 13.5. The number of nitrogens with zero attached hydrogens (tertiary/aromatic N) is 3. The summed E-state index contributed by atoms with van der Waals surface area (Å²) in [5, 5.41) is 4.63. The number of rotatable bonds is 2. The largest absolute Gasteiger partial charge is 0.337 e. The number of carbonyl (C=O) groups excluding carboxylic acids is 1. The molecule has 1 aliphatic heterocycles. The van der Waals surface area contributed by atoms with Crippen LogP contribution in [0.3, 0.4) is 0 Å². The summed E-state index contributed by atoms with van der Waals surface area (Å²) < 4.78 is 1.97. The fraction of sp³-hybridized carbons (Fsp3) is 0.375. The zero-order valence-electron chi connectivity index (χ0n) is 11.4. The molecule has 0 saturated carbocycles. The first-order valence-electron chi connectivity index (χ1n) is 7.30. The van der Waals surface area contributed by atoms with E-state index in [1.807, 2.05) is 39.9 Å². The van der Waals surface area contributed by atoms with Crippen LogP contribution in [0.25, 0.3) is 5.69 Å². The minimum Gasteiger partial charge on any atom is -0.337 e. The highest BCUT2D eigenvalue weighted by Gasteiger charge is 2.31. The van der Waals surface area contributed by atoms with Gasteiger partial charge in [-0.2, -0.15) is 5.10 Å². The van der Waals surface area contributed by atoms with Gasteiger partial charge in [0.2, 0.25) is 0 Å². The number of fused-ring (bicyclic) bond motifs is 1. The Kier molecular flexibility index (Phi) is 2.62. The number of benzene rings is 1. The van der Waals surface area contributed by atoms with Gasteiger partial charge in [-0.25, -0.2) is 4.68 Å². The highest BCUT2D eigenvalue weighted by atomic mass is 16.2. The molecule has 1 fully saturated rings. The van der Waals surface area contributed by atoms with Crippen molar-refractivity contribution in [3.8, 4) is 5.69 Å². The summed E-state index contributed by atoms with van der Waals surface area (Å²) in [6, 6.07) is 10.1. The van der Waals surface area contributed by atoms with E-state index in [1.54, 1.807) is 0 Å². The SMILES string of the molecule is O=C(c1nn(-c2ccccc2)c2c1CCC2)N1CCC1. The molecule has 1 aromatic carbocycles. The first-order valence-corrected chi connectivity index (χ1v) is 7.30. The molecular weight excluding hydrogens is 250 g/mol. The van der Waals surface area contributed by atoms with Crippen molar-refractivity contribution in [1.29, 1.82) is 0 Å². The van der Waals surface area contributed by atoms with Gasteiger partial charge in [0.05, 0.1) is 5.69 Å². The molecule has 0 unspecified atom stereocenters. The lowest BCUT2D eigenvalue weighted by Gasteiger charge is -2.30. The molecule has 0 radical (unpaired) electrons. The molecule has 4 rings (SSSR count). The van der Waals surface area contributed by atoms with E-state index < -0.39 is 0 Å². The number of hydrogen-bond acceptors (Lipinski definition) is 2. The van der Waals surface area contributed by atoms with Crippen LogP contribution >= 0.6 is 0 Å². The second-order valence-electron chi connectivity index (χ2n) is 5.52. The average molecular weight is 267 g/mol. The number of para-hydroxylation sites is 1. The summed E-state index contributed by atoms with van der Waals surface area (Å²) >= 11 is 0. The second-order valence-corrected chi connectivity index (χ2v) is 5.52. The third kappa shape index (κ3) is 1.68. The van der Waals surface area contributed by atoms with Crippen molar-refractivity contribution in [2.45, 2.75) is 25.7 Å². The summed E-state index contributed by atoms with van der Waals surface area (Å²) in [5.41, 5.74) is 4.13. The van der Waals surface area contributed by atoms with Gasteiger partial charge in [-0.05, 0) is 37.8 Å². The normalized spacial score (nSPS) is 16.9. The van der Waals surface area contributed by atoms with Crippen LogP contribution in [-0.4, -0.2) is 33.7 Å². The molecule has 1 saturated heterocycles. The van der Waals surface area contributed by atoms with Crippen molar-refractivity contribution < 1.29 is 4.79 Å². The molecule has 20 heavy (non-hydrogen) atoms. The Balaban J connectivity index is 1.80. The van der Waals surface area contributed by atoms with Gasteiger partial charge in [-0.1, -0.05) is 18.2 Å². The van der Waals surface area contributed by atoms with E-state index >= 15 is 0 Å². The smallest absolute Gasteiger partial charge is 0.274 e. The van der Waals surface area contributed by atoms with Gasteiger partial charge < -0.3 is 4.90 Å². The molecule has 4 heteroatoms. The predicted octanol–water partition coefficient (Wildman–Crippen LogP) is 2.21. The first kappa shape index (κ1) is 11.7. The minimum atomic E-state index is 0.115. The molecule has 0 N–H and O–H groups in total. The van der Waals surface area contributed by atoms with Gasteiger partial charge in [-0.3, -0.25) is 4.79 Å². The standard InChI is InChI=1S/C16H17N3O/c20-16(18-10-5-11-18)15-13-8-4-9-14(13)19(17-15)12-6-2-1-3-7-12/h1-3,6-7H,4-5,8-11H2. The molecular formula is C16H17N3O. The summed E-state index contributed by atoms with van der Waals surface area (Å²) in [6.07, 6.45) is 4.25. The number of amides is 1. The van der Waals surface area contributed by atoms with E-state index in [1.165, 1.54) is 11.3 Å². The Bertz CT molecular complexity index is 656. The van der Waals surface area contributed by atoms with Crippen LogP contribution in [0, 0.1) is 0 Å². The fourth-order valence-electron chi connectivity index (χ4n) is 3.06. The monoisotopic (exact) mass is 267 g/mol. The molecule has 1 aliphatic carbocycles. The number of carbonyl (C=O) groups is 1. The van der Waals surface area contributed by atoms with Crippen LogP contribution < -0.4 is 0 Å². The van der Waals surface area contributed by atoms with Gasteiger partial charge in [-0.15, -0.1) is 0 Å². The quantitative estimate of drug-likeness (QED) is 0.836. The van der Waals surface area contributed by atoms with Crippen LogP contribution in [0.2, 0.25) is 0 Å². The van der Waals surface area contributed by atoms with E-state index in [4.69, 9.17) is 0 Å². The van der Waals surface area contributed by atoms with E-state index in [9.17, 15) is 4.79 Å². The molecule has 1 amide bonds. The molecule has 0 spiro atoms. The van der Waals surface area contributed by atoms with Crippen molar-refractivity contribution in [2.24, 2.45) is 0 Å². The Morgan fingerprint density at radius 2 is 1.85 bits per heavy atom. The molecule has 2 heterocycles. The van der Waals surface area contributed by atoms with Gasteiger partial charge >= 0.3 is 0 Å². The van der Waals surface area contributed by atoms with E-state index in [-0.39, 0.29) is 5.91 Å². The molecule has 0 bridgehead atoms. The van der Waals surface area contributed by atoms with Gasteiger partial charge in [0.15, 0.2) is 5.69 Å². The van der Waals surface area contributed by atoms with Crippen LogP contribution in [0.1, 0.15) is 34.6 Å². The number of likely N-dealkylation sites (tertiary alicyclic amines) is 1. The van der Waals surface area contributed by atoms with Crippen LogP contribution in [0.15, 0.2) is 30.3 Å². The molecule has 0 atom stereocenters. The number of hydrogen-bond donors (Lipinski definition) is 0. The molecule has 102 valence electrons. The van der Waals surface area contributed by atoms with E-state index in [0.29, 0.717) is 5.69 Å². The third-order valence-electron chi connectivity index (χ3n) is 4.28. The van der Waals surface area contributed by atoms with Crippen molar-refractivity contribution in [2.75, 3.05) is 13.1 Å². The summed E-state index contributed by atoms with van der Waals surface area (Å²) in [7, 11) is 0.